The molecule has 5 heterocycles. The lowest BCUT2D eigenvalue weighted by Crippen LogP contribution is -2.64. The predicted molar refractivity (Wildman–Crippen MR) is 132 cm³/mol. The van der Waals surface area contributed by atoms with Crippen LogP contribution in [-0.4, -0.2) is 65.3 Å². The van der Waals surface area contributed by atoms with E-state index < -0.39 is 0 Å². The van der Waals surface area contributed by atoms with Crippen LogP contribution in [0.1, 0.15) is 39.5 Å². The van der Waals surface area contributed by atoms with Crippen LogP contribution in [0.5, 0.6) is 0 Å². The number of carbonyl (C=O) groups is 1. The smallest absolute Gasteiger partial charge is 0.263 e. The van der Waals surface area contributed by atoms with Crippen LogP contribution in [-0.2, 0) is 17.6 Å². The van der Waals surface area contributed by atoms with Gasteiger partial charge in [0.25, 0.3) is 5.91 Å². The summed E-state index contributed by atoms with van der Waals surface area (Å²) >= 11 is 1.30. The van der Waals surface area contributed by atoms with E-state index in [-0.39, 0.29) is 23.6 Å². The van der Waals surface area contributed by atoms with Crippen molar-refractivity contribution in [2.45, 2.75) is 50.3 Å². The molecule has 1 aliphatic carbocycles. The molecule has 2 fully saturated rings. The molecule has 0 saturated carbocycles. The second-order valence-electron chi connectivity index (χ2n) is 9.64. The number of rotatable bonds is 4. The second-order valence-corrected chi connectivity index (χ2v) is 10.6. The van der Waals surface area contributed by atoms with Gasteiger partial charge < -0.3 is 26.0 Å². The topological polar surface area (TPSA) is 118 Å². The first-order valence-corrected chi connectivity index (χ1v) is 12.6. The molecule has 1 amide bonds. The zero-order chi connectivity index (χ0) is 23.4. The lowest BCUT2D eigenvalue weighted by atomic mass is 9.85. The van der Waals surface area contributed by atoms with Crippen molar-refractivity contribution < 1.29 is 9.53 Å². The summed E-state index contributed by atoms with van der Waals surface area (Å²) in [7, 11) is 1.80. The molecule has 2 aliphatic heterocycles. The van der Waals surface area contributed by atoms with Crippen LogP contribution in [0.2, 0.25) is 0 Å². The van der Waals surface area contributed by atoms with E-state index in [1.165, 1.54) is 16.9 Å². The van der Waals surface area contributed by atoms with Gasteiger partial charge in [0.15, 0.2) is 0 Å². The number of nitrogens with one attached hydrogen (secondary N) is 2. The van der Waals surface area contributed by atoms with Gasteiger partial charge in [-0.05, 0) is 50.8 Å². The van der Waals surface area contributed by atoms with Crippen molar-refractivity contribution in [3.05, 3.63) is 40.2 Å². The molecular formula is C24H29N7O2S. The molecular weight excluding hydrogens is 450 g/mol. The molecule has 2 saturated heterocycles. The van der Waals surface area contributed by atoms with Crippen molar-refractivity contribution in [3.63, 3.8) is 0 Å². The van der Waals surface area contributed by atoms with Crippen LogP contribution in [0, 0.1) is 6.92 Å². The number of nitrogens with two attached hydrogens (primary N) is 1. The number of amides is 1. The summed E-state index contributed by atoms with van der Waals surface area (Å²) in [6.45, 7) is 4.71. The number of aromatic nitrogens is 3. The lowest BCUT2D eigenvalue weighted by Gasteiger charge is -2.43. The molecule has 9 nitrogen and oxygen atoms in total. The highest BCUT2D eigenvalue weighted by Gasteiger charge is 2.51. The van der Waals surface area contributed by atoms with Gasteiger partial charge in [-0.1, -0.05) is 6.07 Å². The van der Waals surface area contributed by atoms with Gasteiger partial charge >= 0.3 is 0 Å². The van der Waals surface area contributed by atoms with Gasteiger partial charge in [0.2, 0.25) is 0 Å². The normalized spacial score (nSPS) is 26.0. The molecule has 3 aliphatic rings. The van der Waals surface area contributed by atoms with Gasteiger partial charge in [-0.25, -0.2) is 15.0 Å². The molecule has 10 heteroatoms. The summed E-state index contributed by atoms with van der Waals surface area (Å²) < 4.78 is 5.77. The van der Waals surface area contributed by atoms with E-state index in [0.29, 0.717) is 20.9 Å². The molecule has 34 heavy (non-hydrogen) atoms. The Labute approximate surface area is 202 Å². The van der Waals surface area contributed by atoms with E-state index in [1.54, 1.807) is 13.3 Å². The largest absolute Gasteiger partial charge is 0.396 e. The van der Waals surface area contributed by atoms with Crippen LogP contribution < -0.4 is 21.3 Å². The number of nitrogens with zero attached hydrogens (tertiary/aromatic N) is 4. The first-order valence-electron chi connectivity index (χ1n) is 11.8. The number of pyridine rings is 1. The Hall–Kier alpha value is -2.82. The van der Waals surface area contributed by atoms with Crippen LogP contribution >= 0.6 is 11.3 Å². The molecule has 3 atom stereocenters. The molecule has 0 aromatic carbocycles. The molecule has 1 spiro atoms. The van der Waals surface area contributed by atoms with Crippen molar-refractivity contribution in [2.75, 3.05) is 37.4 Å². The monoisotopic (exact) mass is 479 g/mol. The lowest BCUT2D eigenvalue weighted by molar-refractivity contribution is 0.0180. The maximum Gasteiger partial charge on any atom is 0.263 e. The Bertz CT molecular complexity index is 1270. The van der Waals surface area contributed by atoms with Gasteiger partial charge in [0.1, 0.15) is 21.0 Å². The predicted octanol–water partition coefficient (Wildman–Crippen LogP) is 1.83. The number of nitrogen functional groups attached to an aromatic ring is 1. The van der Waals surface area contributed by atoms with Crippen molar-refractivity contribution >= 4 is 39.1 Å². The average Bonchev–Trinajstić information content (AvgIpc) is 3.37. The highest BCUT2D eigenvalue weighted by molar-refractivity contribution is 7.21. The fourth-order valence-electron chi connectivity index (χ4n) is 5.50. The molecule has 6 rings (SSSR count). The third-order valence-electron chi connectivity index (χ3n) is 7.48. The van der Waals surface area contributed by atoms with E-state index in [2.05, 4.69) is 37.6 Å². The maximum absolute atomic E-state index is 13.0. The van der Waals surface area contributed by atoms with Crippen LogP contribution in [0.15, 0.2) is 18.3 Å². The number of carbonyl (C=O) groups excluding carboxylic acids is 1. The first kappa shape index (κ1) is 21.7. The Morgan fingerprint density at radius 2 is 2.24 bits per heavy atom. The third kappa shape index (κ3) is 3.52. The fraction of sp³-hybridized carbons (Fsp3) is 0.500. The van der Waals surface area contributed by atoms with Crippen LogP contribution in [0.3, 0.4) is 0 Å². The van der Waals surface area contributed by atoms with Crippen molar-refractivity contribution in [1.29, 1.82) is 0 Å². The van der Waals surface area contributed by atoms with E-state index in [0.717, 1.165) is 62.5 Å². The van der Waals surface area contributed by atoms with Gasteiger partial charge in [-0.2, -0.15) is 0 Å². The number of aryl methyl sites for hydroxylation is 2. The van der Waals surface area contributed by atoms with E-state index >= 15 is 0 Å². The Balaban J connectivity index is 1.15. The first-order chi connectivity index (χ1) is 16.5. The summed E-state index contributed by atoms with van der Waals surface area (Å²) in [5.74, 6) is 0.862. The minimum absolute atomic E-state index is 0.0482. The Kier molecular flexibility index (Phi) is 5.20. The van der Waals surface area contributed by atoms with Gasteiger partial charge in [-0.15, -0.1) is 11.3 Å². The minimum atomic E-state index is -0.154. The van der Waals surface area contributed by atoms with Crippen LogP contribution in [0.25, 0.3) is 10.3 Å². The number of anilines is 2. The number of hydrogen-bond donors (Lipinski definition) is 3. The van der Waals surface area contributed by atoms with Gasteiger partial charge in [0.05, 0.1) is 23.0 Å². The number of fused-ring (bicyclic) bond motifs is 2. The number of thiophene rings is 1. The second kappa shape index (κ2) is 8.14. The molecule has 4 N–H and O–H groups in total. The zero-order valence-electron chi connectivity index (χ0n) is 19.4. The third-order valence-corrected chi connectivity index (χ3v) is 8.57. The Morgan fingerprint density at radius 3 is 2.97 bits per heavy atom. The highest BCUT2D eigenvalue weighted by atomic mass is 32.1. The van der Waals surface area contributed by atoms with Crippen molar-refractivity contribution in [3.8, 4) is 0 Å². The molecule has 0 radical (unpaired) electrons. The van der Waals surface area contributed by atoms with E-state index in [4.69, 9.17) is 15.5 Å². The summed E-state index contributed by atoms with van der Waals surface area (Å²) in [6.07, 6.45) is 5.46. The summed E-state index contributed by atoms with van der Waals surface area (Å²) in [5.41, 5.74) is 10.4. The molecule has 0 bridgehead atoms. The van der Waals surface area contributed by atoms with Crippen molar-refractivity contribution in [1.82, 2.24) is 25.6 Å². The minimum Gasteiger partial charge on any atom is -0.396 e. The quantitative estimate of drug-likeness (QED) is 0.519. The van der Waals surface area contributed by atoms with E-state index in [9.17, 15) is 4.79 Å². The highest BCUT2D eigenvalue weighted by Crippen LogP contribution is 2.35. The maximum atomic E-state index is 13.0. The fourth-order valence-corrected chi connectivity index (χ4v) is 6.50. The zero-order valence-corrected chi connectivity index (χ0v) is 20.2. The molecule has 3 unspecified atom stereocenters. The summed E-state index contributed by atoms with van der Waals surface area (Å²) in [5, 5.41) is 6.76. The molecule has 178 valence electrons. The SMILES string of the molecule is COC1CN(c2ccc3c(n2)CCC(NC(=O)c2sc4nc(C)cnc4c2N)C3)CC12CCN2. The van der Waals surface area contributed by atoms with Gasteiger partial charge in [0, 0.05) is 38.1 Å². The number of ether oxygens (including phenoxy) is 1. The molecule has 3 aromatic rings. The Morgan fingerprint density at radius 1 is 1.38 bits per heavy atom. The standard InChI is InChI=1S/C24H29N7O2S/c1-13-10-26-20-19(25)21(34-23(20)28-13)22(32)29-15-4-5-16-14(9-15)3-6-18(30-16)31-11-17(33-2)24(12-31)7-8-27-24/h3,6,10,15,17,27H,4-5,7-9,11-12,25H2,1-2H3,(H,29,32). The molecule has 3 aromatic heterocycles. The summed E-state index contributed by atoms with van der Waals surface area (Å²) in [4.78, 5) is 30.3. The van der Waals surface area contributed by atoms with E-state index in [1.807, 2.05) is 6.92 Å². The van der Waals surface area contributed by atoms with Gasteiger partial charge in [-0.3, -0.25) is 4.79 Å². The number of methoxy groups -OCH3 is 1. The van der Waals surface area contributed by atoms with Crippen LogP contribution in [0.4, 0.5) is 11.5 Å². The van der Waals surface area contributed by atoms with Crippen molar-refractivity contribution in [2.24, 2.45) is 0 Å². The average molecular weight is 480 g/mol. The number of hydrogen-bond acceptors (Lipinski definition) is 9. The summed E-state index contributed by atoms with van der Waals surface area (Å²) in [6, 6.07) is 4.32.